The van der Waals surface area contributed by atoms with Gasteiger partial charge in [0.1, 0.15) is 13.7 Å². The molecular weight excluding hydrogens is 792 g/mol. The Balaban J connectivity index is 1.42. The quantitative estimate of drug-likeness (QED) is 0.111. The van der Waals surface area contributed by atoms with Gasteiger partial charge < -0.3 is 14.2 Å². The zero-order valence-electron chi connectivity index (χ0n) is 41.9. The van der Waals surface area contributed by atoms with Crippen LogP contribution in [0, 0.1) is 11.3 Å². The number of nitrogens with zero attached hydrogens (tertiary/aromatic N) is 2. The standard InChI is InChI=1S/C59H75BN2OSi/c1-16-23-40(57(8,9)18-3)34-47-39(7)61(41(17-2)25-21-24-37(4)5)49-32-38(6)33-50-53(49)60(47)56-54(44-35-45-46(36-51(44)63-56)59(12,13)31-30-58(45,10)11)62(50)48-28-22-27-43-42-26-19-20-29-52(42)64(14,15)55(43)48/h17,19-22,24,26-29,32,34-37,41,50H,2,16,18,23,25,30-31,33H2,1,3-15H3/b24-21+,40-34+. The van der Waals surface area contributed by atoms with Gasteiger partial charge in [-0.2, -0.15) is 0 Å². The van der Waals surface area contributed by atoms with E-state index < -0.39 is 8.07 Å². The minimum atomic E-state index is -2.14. The van der Waals surface area contributed by atoms with Crippen molar-refractivity contribution in [2.75, 3.05) is 4.90 Å². The molecule has 64 heavy (non-hydrogen) atoms. The van der Waals surface area contributed by atoms with Crippen molar-refractivity contribution in [2.24, 2.45) is 11.3 Å². The highest BCUT2D eigenvalue weighted by molar-refractivity contribution is 7.04. The van der Waals surface area contributed by atoms with Crippen LogP contribution in [0.15, 0.2) is 129 Å². The number of allylic oxidation sites excluding steroid dienone is 6. The summed E-state index contributed by atoms with van der Waals surface area (Å²) in [6.07, 6.45) is 19.6. The number of hydrogen-bond donors (Lipinski definition) is 0. The molecule has 3 aromatic carbocycles. The second-order valence-electron chi connectivity index (χ2n) is 23.0. The predicted octanol–water partition coefficient (Wildman–Crippen LogP) is 14.4. The van der Waals surface area contributed by atoms with Crippen molar-refractivity contribution in [3.8, 4) is 11.1 Å². The largest absolute Gasteiger partial charge is 0.468 e. The molecule has 334 valence electrons. The Morgan fingerprint density at radius 1 is 0.969 bits per heavy atom. The molecule has 9 rings (SSSR count). The molecule has 2 aliphatic carbocycles. The van der Waals surface area contributed by atoms with E-state index >= 15 is 0 Å². The second-order valence-corrected chi connectivity index (χ2v) is 27.3. The van der Waals surface area contributed by atoms with E-state index in [4.69, 9.17) is 4.42 Å². The van der Waals surface area contributed by atoms with Gasteiger partial charge in [-0.15, -0.1) is 6.58 Å². The van der Waals surface area contributed by atoms with Gasteiger partial charge in [0, 0.05) is 22.5 Å². The van der Waals surface area contributed by atoms with E-state index in [2.05, 4.69) is 198 Å². The summed E-state index contributed by atoms with van der Waals surface area (Å²) in [5.74, 6) is 0.495. The lowest BCUT2D eigenvalue weighted by Crippen LogP contribution is -2.59. The summed E-state index contributed by atoms with van der Waals surface area (Å²) >= 11 is 0. The molecule has 5 aliphatic rings. The third-order valence-electron chi connectivity index (χ3n) is 16.6. The Labute approximate surface area is 388 Å². The molecule has 4 heterocycles. The SMILES string of the molecule is C=CC(C/C=C/C(C)C)N1C(C)=C(/C=C(\CCC)C(C)(C)CC)B2C3=C1C=C(C)CC3N(c1cccc3c1[Si](C)(C)c1ccccc1-3)c1c2oc2cc3c(cc12)C(C)(C)CCC3(C)C. The van der Waals surface area contributed by atoms with Gasteiger partial charge in [0.05, 0.1) is 23.4 Å². The Bertz CT molecular complexity index is 2730. The molecule has 1 aromatic heterocycles. The molecule has 0 fully saturated rings. The highest BCUT2D eigenvalue weighted by atomic mass is 28.3. The predicted molar refractivity (Wildman–Crippen MR) is 281 cm³/mol. The van der Waals surface area contributed by atoms with Gasteiger partial charge in [-0.1, -0.05) is 161 Å². The minimum absolute atomic E-state index is 0.0207. The number of rotatable bonds is 11. The normalized spacial score (nSPS) is 21.3. The van der Waals surface area contributed by atoms with Gasteiger partial charge >= 0.3 is 0 Å². The van der Waals surface area contributed by atoms with E-state index in [1.165, 1.54) is 85.3 Å². The number of furan rings is 1. The first kappa shape index (κ1) is 44.7. The van der Waals surface area contributed by atoms with E-state index in [1.54, 1.807) is 10.4 Å². The number of benzene rings is 3. The van der Waals surface area contributed by atoms with Crippen molar-refractivity contribution in [1.29, 1.82) is 0 Å². The summed E-state index contributed by atoms with van der Waals surface area (Å²) in [6.45, 7) is 38.5. The fourth-order valence-electron chi connectivity index (χ4n) is 12.5. The number of fused-ring (bicyclic) bond motifs is 8. The van der Waals surface area contributed by atoms with Gasteiger partial charge in [0.2, 0.25) is 0 Å². The van der Waals surface area contributed by atoms with Crippen molar-refractivity contribution in [1.82, 2.24) is 4.90 Å². The van der Waals surface area contributed by atoms with Crippen LogP contribution in [0.1, 0.15) is 139 Å². The van der Waals surface area contributed by atoms with Crippen molar-refractivity contribution < 1.29 is 4.42 Å². The lowest BCUT2D eigenvalue weighted by Gasteiger charge is -2.51. The highest BCUT2D eigenvalue weighted by Crippen LogP contribution is 2.54. The molecule has 0 saturated heterocycles. The van der Waals surface area contributed by atoms with Crippen LogP contribution < -0.4 is 20.9 Å². The van der Waals surface area contributed by atoms with E-state index in [0.717, 1.165) is 43.3 Å². The zero-order valence-corrected chi connectivity index (χ0v) is 42.9. The molecular formula is C59H75BN2OSi. The van der Waals surface area contributed by atoms with Crippen LogP contribution in [0.3, 0.4) is 0 Å². The van der Waals surface area contributed by atoms with Crippen molar-refractivity contribution in [2.45, 2.75) is 164 Å². The Hall–Kier alpha value is -4.48. The van der Waals surface area contributed by atoms with Gasteiger partial charge in [-0.25, -0.2) is 0 Å². The van der Waals surface area contributed by atoms with Gasteiger partial charge in [0.25, 0.3) is 6.71 Å². The molecule has 0 spiro atoms. The van der Waals surface area contributed by atoms with E-state index in [0.29, 0.717) is 5.92 Å². The first-order valence-electron chi connectivity index (χ1n) is 24.8. The van der Waals surface area contributed by atoms with Crippen LogP contribution in [0.4, 0.5) is 11.4 Å². The van der Waals surface area contributed by atoms with Crippen LogP contribution in [-0.4, -0.2) is 31.8 Å². The van der Waals surface area contributed by atoms with Crippen LogP contribution in [0.5, 0.6) is 0 Å². The van der Waals surface area contributed by atoms with E-state index in [9.17, 15) is 0 Å². The molecule has 0 bridgehead atoms. The maximum absolute atomic E-state index is 7.71. The maximum Gasteiger partial charge on any atom is 0.292 e. The summed E-state index contributed by atoms with van der Waals surface area (Å²) < 4.78 is 7.71. The molecule has 3 aliphatic heterocycles. The minimum Gasteiger partial charge on any atom is -0.468 e. The molecule has 0 N–H and O–H groups in total. The Kier molecular flexibility index (Phi) is 11.1. The Morgan fingerprint density at radius 2 is 1.66 bits per heavy atom. The highest BCUT2D eigenvalue weighted by Gasteiger charge is 2.53. The van der Waals surface area contributed by atoms with Gasteiger partial charge in [0.15, 0.2) is 0 Å². The second kappa shape index (κ2) is 15.9. The van der Waals surface area contributed by atoms with Crippen LogP contribution in [-0.2, 0) is 10.8 Å². The van der Waals surface area contributed by atoms with Gasteiger partial charge in [-0.3, -0.25) is 0 Å². The topological polar surface area (TPSA) is 19.6 Å². The molecule has 0 saturated carbocycles. The maximum atomic E-state index is 7.71. The smallest absolute Gasteiger partial charge is 0.292 e. The zero-order chi connectivity index (χ0) is 45.8. The molecule has 0 radical (unpaired) electrons. The molecule has 4 aromatic rings. The monoisotopic (exact) mass is 867 g/mol. The van der Waals surface area contributed by atoms with E-state index in [1.807, 2.05) is 0 Å². The van der Waals surface area contributed by atoms with E-state index in [-0.39, 0.29) is 35.0 Å². The van der Waals surface area contributed by atoms with Crippen LogP contribution >= 0.6 is 0 Å². The first-order chi connectivity index (χ1) is 30.3. The third-order valence-corrected chi connectivity index (χ3v) is 20.2. The fraction of sp³-hybridized carbons (Fsp3) is 0.458. The number of anilines is 2. The summed E-state index contributed by atoms with van der Waals surface area (Å²) in [5.41, 5.74) is 19.3. The summed E-state index contributed by atoms with van der Waals surface area (Å²) in [5, 5.41) is 4.37. The molecule has 5 heteroatoms. The number of hydrogen-bond acceptors (Lipinski definition) is 3. The van der Waals surface area contributed by atoms with Crippen LogP contribution in [0.2, 0.25) is 13.1 Å². The molecule has 0 amide bonds. The lowest BCUT2D eigenvalue weighted by molar-refractivity contribution is 0.332. The summed E-state index contributed by atoms with van der Waals surface area (Å²) in [4.78, 5) is 5.52. The summed E-state index contributed by atoms with van der Waals surface area (Å²) in [7, 11) is -2.14. The molecule has 2 unspecified atom stereocenters. The van der Waals surface area contributed by atoms with Crippen LogP contribution in [0.25, 0.3) is 22.1 Å². The van der Waals surface area contributed by atoms with Crippen molar-refractivity contribution in [3.05, 3.63) is 136 Å². The van der Waals surface area contributed by atoms with Crippen molar-refractivity contribution in [3.63, 3.8) is 0 Å². The first-order valence-corrected chi connectivity index (χ1v) is 27.8. The molecule has 3 nitrogen and oxygen atoms in total. The van der Waals surface area contributed by atoms with Gasteiger partial charge in [-0.05, 0) is 142 Å². The average Bonchev–Trinajstić information content (AvgIpc) is 3.73. The fourth-order valence-corrected chi connectivity index (χ4v) is 15.9. The lowest BCUT2D eigenvalue weighted by atomic mass is 9.32. The third kappa shape index (κ3) is 6.87. The van der Waals surface area contributed by atoms with Crippen molar-refractivity contribution >= 4 is 53.2 Å². The molecule has 2 atom stereocenters. The summed E-state index contributed by atoms with van der Waals surface area (Å²) in [6, 6.07) is 21.8. The average molecular weight is 867 g/mol. The Morgan fingerprint density at radius 3 is 2.33 bits per heavy atom.